The van der Waals surface area contributed by atoms with Crippen molar-refractivity contribution in [3.63, 3.8) is 0 Å². The Labute approximate surface area is 211 Å². The molecule has 0 spiro atoms. The number of benzene rings is 3. The summed E-state index contributed by atoms with van der Waals surface area (Å²) in [6.07, 6.45) is -0.0462. The standard InChI is InChI=1S/C26H23N3O8/c1-35-21-9-11-23(12-10-21)37-22-7-5-19(6-8-22)28-15-17(13-25(28)31)26(32)36-16-24(30)27-18-3-2-4-20(14-18)29(33)34/h2-12,14,17H,13,15-16H2,1H3,(H,27,30)/t17-/m1/s1. The van der Waals surface area contributed by atoms with Crippen molar-refractivity contribution in [2.45, 2.75) is 6.42 Å². The molecule has 0 unspecified atom stereocenters. The average Bonchev–Trinajstić information content (AvgIpc) is 3.30. The summed E-state index contributed by atoms with van der Waals surface area (Å²) in [6.45, 7) is -0.466. The molecule has 11 heteroatoms. The lowest BCUT2D eigenvalue weighted by atomic mass is 10.1. The Morgan fingerprint density at radius 2 is 1.68 bits per heavy atom. The van der Waals surface area contributed by atoms with E-state index >= 15 is 0 Å². The third-order valence-electron chi connectivity index (χ3n) is 5.59. The number of hydrogen-bond donors (Lipinski definition) is 1. The van der Waals surface area contributed by atoms with Crippen LogP contribution in [0.3, 0.4) is 0 Å². The summed E-state index contributed by atoms with van der Waals surface area (Å²) >= 11 is 0. The first-order chi connectivity index (χ1) is 17.8. The summed E-state index contributed by atoms with van der Waals surface area (Å²) in [4.78, 5) is 48.9. The first-order valence-electron chi connectivity index (χ1n) is 11.3. The molecule has 1 heterocycles. The highest BCUT2D eigenvalue weighted by atomic mass is 16.6. The lowest BCUT2D eigenvalue weighted by Crippen LogP contribution is -2.28. The van der Waals surface area contributed by atoms with Crippen molar-refractivity contribution in [2.75, 3.05) is 30.5 Å². The van der Waals surface area contributed by atoms with Crippen molar-refractivity contribution in [3.8, 4) is 17.2 Å². The van der Waals surface area contributed by atoms with Gasteiger partial charge in [-0.1, -0.05) is 6.07 Å². The van der Waals surface area contributed by atoms with Gasteiger partial charge in [0.25, 0.3) is 11.6 Å². The van der Waals surface area contributed by atoms with E-state index in [1.807, 2.05) is 0 Å². The van der Waals surface area contributed by atoms with Crippen LogP contribution in [0, 0.1) is 16.0 Å². The molecule has 1 aliphatic rings. The highest BCUT2D eigenvalue weighted by Crippen LogP contribution is 2.29. The summed E-state index contributed by atoms with van der Waals surface area (Å²) in [5, 5.41) is 13.3. The van der Waals surface area contributed by atoms with Crippen LogP contribution in [-0.4, -0.2) is 43.0 Å². The number of anilines is 2. The number of non-ortho nitro benzene ring substituents is 1. The van der Waals surface area contributed by atoms with Crippen LogP contribution >= 0.6 is 0 Å². The monoisotopic (exact) mass is 505 g/mol. The summed E-state index contributed by atoms with van der Waals surface area (Å²) in [7, 11) is 1.58. The lowest BCUT2D eigenvalue weighted by Gasteiger charge is -2.17. The summed E-state index contributed by atoms with van der Waals surface area (Å²) < 4.78 is 16.0. The van der Waals surface area contributed by atoms with Gasteiger partial charge in [0.05, 0.1) is 18.0 Å². The van der Waals surface area contributed by atoms with Crippen LogP contribution in [0.1, 0.15) is 6.42 Å². The number of methoxy groups -OCH3 is 1. The zero-order valence-electron chi connectivity index (χ0n) is 19.8. The number of amides is 2. The minimum absolute atomic E-state index is 0.0462. The lowest BCUT2D eigenvalue weighted by molar-refractivity contribution is -0.384. The van der Waals surface area contributed by atoms with Crippen molar-refractivity contribution in [1.82, 2.24) is 0 Å². The second-order valence-electron chi connectivity index (χ2n) is 8.14. The van der Waals surface area contributed by atoms with Gasteiger partial charge in [-0.15, -0.1) is 0 Å². The predicted molar refractivity (Wildman–Crippen MR) is 133 cm³/mol. The number of nitrogens with one attached hydrogen (secondary N) is 1. The molecule has 0 bridgehead atoms. The number of nitro groups is 1. The smallest absolute Gasteiger partial charge is 0.311 e. The maximum absolute atomic E-state index is 12.5. The number of hydrogen-bond acceptors (Lipinski definition) is 8. The van der Waals surface area contributed by atoms with Crippen molar-refractivity contribution in [3.05, 3.63) is 82.9 Å². The van der Waals surface area contributed by atoms with E-state index in [0.717, 1.165) is 0 Å². The van der Waals surface area contributed by atoms with Gasteiger partial charge in [0.1, 0.15) is 17.2 Å². The fourth-order valence-electron chi connectivity index (χ4n) is 3.74. The average molecular weight is 505 g/mol. The fraction of sp³-hybridized carbons (Fsp3) is 0.192. The van der Waals surface area contributed by atoms with Crippen LogP contribution in [0.5, 0.6) is 17.2 Å². The number of carbonyl (C=O) groups excluding carboxylic acids is 3. The van der Waals surface area contributed by atoms with Gasteiger partial charge in [0.15, 0.2) is 6.61 Å². The molecule has 2 amide bonds. The van der Waals surface area contributed by atoms with Crippen LogP contribution in [0.15, 0.2) is 72.8 Å². The van der Waals surface area contributed by atoms with E-state index in [1.54, 1.807) is 55.6 Å². The molecule has 1 saturated heterocycles. The van der Waals surface area contributed by atoms with E-state index in [2.05, 4.69) is 5.32 Å². The van der Waals surface area contributed by atoms with Crippen molar-refractivity contribution in [1.29, 1.82) is 0 Å². The molecule has 3 aromatic rings. The number of esters is 1. The van der Waals surface area contributed by atoms with E-state index in [0.29, 0.717) is 22.9 Å². The number of nitrogens with zero attached hydrogens (tertiary/aromatic N) is 2. The third-order valence-corrected chi connectivity index (χ3v) is 5.59. The molecular formula is C26H23N3O8. The Kier molecular flexibility index (Phi) is 7.62. The molecule has 1 atom stereocenters. The Morgan fingerprint density at radius 3 is 2.32 bits per heavy atom. The summed E-state index contributed by atoms with van der Waals surface area (Å²) in [5.41, 5.74) is 0.627. The van der Waals surface area contributed by atoms with Gasteiger partial charge in [-0.3, -0.25) is 24.5 Å². The number of ether oxygens (including phenoxy) is 3. The van der Waals surface area contributed by atoms with E-state index in [4.69, 9.17) is 14.2 Å². The van der Waals surface area contributed by atoms with Gasteiger partial charge in [-0.2, -0.15) is 0 Å². The molecule has 190 valence electrons. The molecule has 0 aromatic heterocycles. The molecule has 0 aliphatic carbocycles. The second kappa shape index (κ2) is 11.2. The molecule has 3 aromatic carbocycles. The zero-order valence-corrected chi connectivity index (χ0v) is 19.8. The van der Waals surface area contributed by atoms with Crippen LogP contribution in [0.25, 0.3) is 0 Å². The van der Waals surface area contributed by atoms with Crippen LogP contribution in [-0.2, 0) is 19.1 Å². The van der Waals surface area contributed by atoms with E-state index in [-0.39, 0.29) is 30.2 Å². The highest BCUT2D eigenvalue weighted by Gasteiger charge is 2.36. The molecule has 4 rings (SSSR count). The highest BCUT2D eigenvalue weighted by molar-refractivity contribution is 6.00. The Morgan fingerprint density at radius 1 is 1.03 bits per heavy atom. The topological polar surface area (TPSA) is 137 Å². The number of nitro benzene ring substituents is 1. The molecule has 0 saturated carbocycles. The van der Waals surface area contributed by atoms with Gasteiger partial charge >= 0.3 is 5.97 Å². The van der Waals surface area contributed by atoms with Gasteiger partial charge in [-0.05, 0) is 54.6 Å². The Balaban J connectivity index is 1.28. The molecule has 37 heavy (non-hydrogen) atoms. The normalized spacial score (nSPS) is 14.7. The van der Waals surface area contributed by atoms with Crippen LogP contribution < -0.4 is 19.7 Å². The molecular weight excluding hydrogens is 482 g/mol. The first kappa shape index (κ1) is 25.2. The summed E-state index contributed by atoms with van der Waals surface area (Å²) in [5.74, 6) is -0.381. The first-order valence-corrected chi connectivity index (χ1v) is 11.3. The fourth-order valence-corrected chi connectivity index (χ4v) is 3.74. The zero-order chi connectivity index (χ0) is 26.4. The van der Waals surface area contributed by atoms with E-state index in [1.165, 1.54) is 29.2 Å². The van der Waals surface area contributed by atoms with Gasteiger partial charge in [0.2, 0.25) is 5.91 Å². The molecule has 1 N–H and O–H groups in total. The van der Waals surface area contributed by atoms with Gasteiger partial charge in [-0.25, -0.2) is 0 Å². The Bertz CT molecular complexity index is 1310. The maximum atomic E-state index is 12.5. The molecule has 1 fully saturated rings. The second-order valence-corrected chi connectivity index (χ2v) is 8.14. The molecule has 0 radical (unpaired) electrons. The number of carbonyl (C=O) groups is 3. The van der Waals surface area contributed by atoms with Crippen molar-refractivity contribution < 1.29 is 33.5 Å². The molecule has 1 aliphatic heterocycles. The van der Waals surface area contributed by atoms with E-state index in [9.17, 15) is 24.5 Å². The Hall–Kier alpha value is -4.93. The molecule has 11 nitrogen and oxygen atoms in total. The summed E-state index contributed by atoms with van der Waals surface area (Å²) in [6, 6.07) is 19.4. The van der Waals surface area contributed by atoms with Gasteiger partial charge < -0.3 is 24.4 Å². The van der Waals surface area contributed by atoms with Crippen molar-refractivity contribution >= 4 is 34.8 Å². The van der Waals surface area contributed by atoms with Crippen LogP contribution in [0.4, 0.5) is 17.1 Å². The van der Waals surface area contributed by atoms with Gasteiger partial charge in [0, 0.05) is 36.5 Å². The predicted octanol–water partition coefficient (Wildman–Crippen LogP) is 3.93. The largest absolute Gasteiger partial charge is 0.497 e. The quantitative estimate of drug-likeness (QED) is 0.262. The maximum Gasteiger partial charge on any atom is 0.311 e. The SMILES string of the molecule is COc1ccc(Oc2ccc(N3C[C@H](C(=O)OCC(=O)Nc4cccc([N+](=O)[O-])c4)CC3=O)cc2)cc1. The third kappa shape index (κ3) is 6.40. The number of rotatable bonds is 9. The van der Waals surface area contributed by atoms with E-state index < -0.39 is 29.3 Å². The van der Waals surface area contributed by atoms with Crippen LogP contribution in [0.2, 0.25) is 0 Å². The minimum atomic E-state index is -0.728. The van der Waals surface area contributed by atoms with Crippen molar-refractivity contribution in [2.24, 2.45) is 5.92 Å². The minimum Gasteiger partial charge on any atom is -0.497 e.